The minimum atomic E-state index is -0.940. The fourth-order valence-corrected chi connectivity index (χ4v) is 7.24. The second kappa shape index (κ2) is 11.5. The summed E-state index contributed by atoms with van der Waals surface area (Å²) in [6.45, 7) is 3.87. The van der Waals surface area contributed by atoms with Gasteiger partial charge in [-0.15, -0.1) is 10.2 Å². The molecule has 0 bridgehead atoms. The van der Waals surface area contributed by atoms with Crippen LogP contribution in [0.3, 0.4) is 0 Å². The predicted molar refractivity (Wildman–Crippen MR) is 161 cm³/mol. The van der Waals surface area contributed by atoms with Gasteiger partial charge in [0.15, 0.2) is 0 Å². The van der Waals surface area contributed by atoms with Gasteiger partial charge in [-0.1, -0.05) is 12.1 Å². The maximum absolute atomic E-state index is 13.3. The zero-order chi connectivity index (χ0) is 31.2. The SMILES string of the molecule is CNC(=O)c1ccc2c(c1)CCc1cc(C(=O)NC)ccc1C2(C[C@H](C)NCC(=O)N1C(C#N)C[C@@H]2C[C@@H]21)c1nnc(C)o1. The first-order valence-electron chi connectivity index (χ1n) is 15.2. The third-order valence-corrected chi connectivity index (χ3v) is 9.42. The Morgan fingerprint density at radius 3 is 2.16 bits per heavy atom. The average molecular weight is 596 g/mol. The van der Waals surface area contributed by atoms with E-state index in [1.807, 2.05) is 43.3 Å². The third kappa shape index (κ3) is 5.03. The van der Waals surface area contributed by atoms with Crippen molar-refractivity contribution in [1.29, 1.82) is 5.26 Å². The Labute approximate surface area is 256 Å². The molecule has 228 valence electrons. The summed E-state index contributed by atoms with van der Waals surface area (Å²) in [6, 6.07) is 13.3. The minimum Gasteiger partial charge on any atom is -0.424 e. The van der Waals surface area contributed by atoms with Crippen molar-refractivity contribution >= 4 is 17.7 Å². The molecule has 11 heteroatoms. The zero-order valence-electron chi connectivity index (χ0n) is 25.4. The molecule has 3 aromatic rings. The fourth-order valence-electron chi connectivity index (χ4n) is 7.24. The molecule has 3 aliphatic rings. The molecule has 4 atom stereocenters. The van der Waals surface area contributed by atoms with Gasteiger partial charge in [0.05, 0.1) is 12.6 Å². The Bertz CT molecular complexity index is 1610. The first kappa shape index (κ1) is 29.5. The van der Waals surface area contributed by atoms with Crippen LogP contribution in [0.2, 0.25) is 0 Å². The van der Waals surface area contributed by atoms with Gasteiger partial charge >= 0.3 is 0 Å². The van der Waals surface area contributed by atoms with Crippen LogP contribution in [0.5, 0.6) is 0 Å². The van der Waals surface area contributed by atoms with Gasteiger partial charge in [-0.2, -0.15) is 5.26 Å². The first-order chi connectivity index (χ1) is 21.2. The molecule has 2 aromatic carbocycles. The number of piperidine rings is 1. The van der Waals surface area contributed by atoms with Gasteiger partial charge < -0.3 is 25.3 Å². The lowest BCUT2D eigenvalue weighted by molar-refractivity contribution is -0.131. The molecule has 2 fully saturated rings. The average Bonchev–Trinajstić information content (AvgIpc) is 3.53. The van der Waals surface area contributed by atoms with Crippen LogP contribution in [0, 0.1) is 24.2 Å². The van der Waals surface area contributed by atoms with E-state index >= 15 is 0 Å². The van der Waals surface area contributed by atoms with Crippen LogP contribution in [-0.4, -0.2) is 71.6 Å². The van der Waals surface area contributed by atoms with Gasteiger partial charge in [0.2, 0.25) is 17.7 Å². The molecule has 1 saturated carbocycles. The van der Waals surface area contributed by atoms with Crippen molar-refractivity contribution in [2.45, 2.75) is 69.5 Å². The number of aromatic nitrogens is 2. The Morgan fingerprint density at radius 1 is 1.02 bits per heavy atom. The number of aryl methyl sites for hydroxylation is 3. The lowest BCUT2D eigenvalue weighted by atomic mass is 9.68. The number of nitriles is 1. The number of carbonyl (C=O) groups is 3. The molecule has 11 nitrogen and oxygen atoms in total. The largest absolute Gasteiger partial charge is 0.424 e. The molecule has 1 saturated heterocycles. The van der Waals surface area contributed by atoms with E-state index in [-0.39, 0.29) is 42.4 Å². The Morgan fingerprint density at radius 2 is 1.64 bits per heavy atom. The number of nitrogens with zero attached hydrogens (tertiary/aromatic N) is 4. The number of hydrogen-bond acceptors (Lipinski definition) is 8. The standard InChI is InChI=1S/C33H37N7O4/c1-18(37-17-29(41)40-25(16-34)13-24-14-28(24)40)15-33(32-39-38-19(2)44-32)26-9-7-22(30(42)35-3)11-20(26)5-6-21-12-23(31(43)36-4)8-10-27(21)33/h7-12,18,24-25,28,37H,5-6,13-15,17H2,1-4H3,(H,35,42)(H,36,43)/t18-,24+,25?,28-/m0/s1. The highest BCUT2D eigenvalue weighted by Crippen LogP contribution is 2.49. The van der Waals surface area contributed by atoms with Crippen molar-refractivity contribution in [2.24, 2.45) is 5.92 Å². The summed E-state index contributed by atoms with van der Waals surface area (Å²) in [4.78, 5) is 40.3. The number of nitrogens with one attached hydrogen (secondary N) is 3. The summed E-state index contributed by atoms with van der Waals surface area (Å²) in [5.41, 5.74) is 3.96. The highest BCUT2D eigenvalue weighted by atomic mass is 16.4. The molecule has 0 spiro atoms. The van der Waals surface area contributed by atoms with Crippen molar-refractivity contribution in [1.82, 2.24) is 31.0 Å². The van der Waals surface area contributed by atoms with Crippen LogP contribution in [0.25, 0.3) is 0 Å². The highest BCUT2D eigenvalue weighted by molar-refractivity contribution is 5.95. The van der Waals surface area contributed by atoms with Crippen LogP contribution >= 0.6 is 0 Å². The Balaban J connectivity index is 1.43. The zero-order valence-corrected chi connectivity index (χ0v) is 25.4. The van der Waals surface area contributed by atoms with Crippen LogP contribution in [-0.2, 0) is 23.1 Å². The van der Waals surface area contributed by atoms with Crippen molar-refractivity contribution in [2.75, 3.05) is 20.6 Å². The van der Waals surface area contributed by atoms with Gasteiger partial charge in [-0.3, -0.25) is 14.4 Å². The molecule has 1 aromatic heterocycles. The number of rotatable bonds is 8. The molecule has 1 unspecified atom stereocenters. The van der Waals surface area contributed by atoms with E-state index in [0.29, 0.717) is 48.1 Å². The van der Waals surface area contributed by atoms with Gasteiger partial charge in [-0.05, 0) is 91.5 Å². The van der Waals surface area contributed by atoms with E-state index in [0.717, 1.165) is 35.1 Å². The van der Waals surface area contributed by atoms with E-state index in [9.17, 15) is 19.6 Å². The first-order valence-corrected chi connectivity index (χ1v) is 15.2. The maximum atomic E-state index is 13.3. The quantitative estimate of drug-likeness (QED) is 0.359. The Hall–Kier alpha value is -4.56. The minimum absolute atomic E-state index is 0.0665. The van der Waals surface area contributed by atoms with Crippen molar-refractivity contribution in [3.05, 3.63) is 81.6 Å². The predicted octanol–water partition coefficient (Wildman–Crippen LogP) is 2.41. The van der Waals surface area contributed by atoms with Crippen LogP contribution in [0.15, 0.2) is 40.8 Å². The maximum Gasteiger partial charge on any atom is 0.251 e. The molecule has 3 N–H and O–H groups in total. The molecule has 0 radical (unpaired) electrons. The number of carbonyl (C=O) groups excluding carboxylic acids is 3. The van der Waals surface area contributed by atoms with E-state index in [1.165, 1.54) is 0 Å². The molecule has 44 heavy (non-hydrogen) atoms. The second-order valence-corrected chi connectivity index (χ2v) is 12.2. The summed E-state index contributed by atoms with van der Waals surface area (Å²) >= 11 is 0. The number of hydrogen-bond donors (Lipinski definition) is 3. The highest BCUT2D eigenvalue weighted by Gasteiger charge is 2.54. The van der Waals surface area contributed by atoms with Crippen molar-refractivity contribution < 1.29 is 18.8 Å². The normalized spacial score (nSPS) is 21.6. The summed E-state index contributed by atoms with van der Waals surface area (Å²) in [5.74, 6) is 0.845. The summed E-state index contributed by atoms with van der Waals surface area (Å²) in [5, 5.41) is 27.2. The monoisotopic (exact) mass is 595 g/mol. The van der Waals surface area contributed by atoms with E-state index in [1.54, 1.807) is 25.9 Å². The number of benzene rings is 2. The molecule has 3 amide bonds. The van der Waals surface area contributed by atoms with E-state index in [2.05, 4.69) is 32.2 Å². The molecular weight excluding hydrogens is 558 g/mol. The molecule has 1 aliphatic heterocycles. The molecular formula is C33H37N7O4. The van der Waals surface area contributed by atoms with Gasteiger partial charge in [0.25, 0.3) is 11.8 Å². The smallest absolute Gasteiger partial charge is 0.251 e. The van der Waals surface area contributed by atoms with Crippen molar-refractivity contribution in [3.63, 3.8) is 0 Å². The van der Waals surface area contributed by atoms with Gasteiger partial charge in [0, 0.05) is 44.2 Å². The third-order valence-electron chi connectivity index (χ3n) is 9.42. The second-order valence-electron chi connectivity index (χ2n) is 12.2. The topological polar surface area (TPSA) is 153 Å². The summed E-state index contributed by atoms with van der Waals surface area (Å²) < 4.78 is 6.23. The number of fused-ring (bicyclic) bond motifs is 3. The summed E-state index contributed by atoms with van der Waals surface area (Å²) in [7, 11) is 3.21. The van der Waals surface area contributed by atoms with Gasteiger partial charge in [0.1, 0.15) is 11.5 Å². The number of likely N-dealkylation sites (tertiary alicyclic amines) is 1. The van der Waals surface area contributed by atoms with Crippen LogP contribution in [0.4, 0.5) is 0 Å². The van der Waals surface area contributed by atoms with E-state index in [4.69, 9.17) is 4.42 Å². The fraction of sp³-hybridized carbons (Fsp3) is 0.455. The van der Waals surface area contributed by atoms with Crippen LogP contribution in [0.1, 0.15) is 80.9 Å². The lowest BCUT2D eigenvalue weighted by Gasteiger charge is -2.36. The Kier molecular flexibility index (Phi) is 7.72. The van der Waals surface area contributed by atoms with Crippen LogP contribution < -0.4 is 16.0 Å². The molecule has 6 rings (SSSR count). The van der Waals surface area contributed by atoms with E-state index < -0.39 is 5.41 Å². The lowest BCUT2D eigenvalue weighted by Crippen LogP contribution is -2.46. The van der Waals surface area contributed by atoms with Crippen molar-refractivity contribution in [3.8, 4) is 6.07 Å². The molecule has 2 heterocycles. The number of amides is 3. The van der Waals surface area contributed by atoms with Gasteiger partial charge in [-0.25, -0.2) is 0 Å². The summed E-state index contributed by atoms with van der Waals surface area (Å²) in [6.07, 6.45) is 3.45. The molecule has 2 aliphatic carbocycles.